The normalized spacial score (nSPS) is 10.9. The van der Waals surface area contributed by atoms with Crippen LogP contribution in [0.25, 0.3) is 10.6 Å². The third kappa shape index (κ3) is 4.05. The quantitative estimate of drug-likeness (QED) is 0.807. The molecule has 0 aliphatic rings. The molecule has 1 aromatic carbocycles. The zero-order valence-corrected chi connectivity index (χ0v) is 14.0. The second kappa shape index (κ2) is 7.05. The summed E-state index contributed by atoms with van der Waals surface area (Å²) in [4.78, 5) is 19.1. The van der Waals surface area contributed by atoms with Crippen LogP contribution in [-0.2, 0) is 0 Å². The van der Waals surface area contributed by atoms with Crippen molar-refractivity contribution in [2.45, 2.75) is 20.3 Å². The van der Waals surface area contributed by atoms with Gasteiger partial charge in [-0.1, -0.05) is 43.6 Å². The van der Waals surface area contributed by atoms with Crippen molar-refractivity contribution < 1.29 is 4.79 Å². The first-order chi connectivity index (χ1) is 9.99. The molecule has 0 saturated carbocycles. The van der Waals surface area contributed by atoms with E-state index < -0.39 is 0 Å². The fourth-order valence-electron chi connectivity index (χ4n) is 1.87. The van der Waals surface area contributed by atoms with Crippen molar-refractivity contribution in [3.8, 4) is 10.6 Å². The van der Waals surface area contributed by atoms with E-state index in [2.05, 4.69) is 18.8 Å². The highest BCUT2D eigenvalue weighted by molar-refractivity contribution is 7.17. The fraction of sp³-hybridized carbons (Fsp3) is 0.375. The van der Waals surface area contributed by atoms with Gasteiger partial charge >= 0.3 is 0 Å². The summed E-state index contributed by atoms with van der Waals surface area (Å²) in [5.74, 6) is 0.604. The maximum Gasteiger partial charge on any atom is 0.265 e. The lowest BCUT2D eigenvalue weighted by molar-refractivity contribution is 0.0793. The molecule has 0 bridgehead atoms. The van der Waals surface area contributed by atoms with Crippen molar-refractivity contribution in [2.24, 2.45) is 5.92 Å². The smallest absolute Gasteiger partial charge is 0.265 e. The van der Waals surface area contributed by atoms with E-state index >= 15 is 0 Å². The maximum atomic E-state index is 12.4. The van der Waals surface area contributed by atoms with Gasteiger partial charge in [0.25, 0.3) is 5.91 Å². The molecule has 21 heavy (non-hydrogen) atoms. The lowest BCUT2D eigenvalue weighted by atomic mass is 10.1. The second-order valence-electron chi connectivity index (χ2n) is 5.42. The number of carbonyl (C=O) groups is 1. The fourth-order valence-corrected chi connectivity index (χ4v) is 3.11. The lowest BCUT2D eigenvalue weighted by Gasteiger charge is -2.17. The molecule has 0 saturated heterocycles. The van der Waals surface area contributed by atoms with Crippen LogP contribution in [0.3, 0.4) is 0 Å². The maximum absolute atomic E-state index is 12.4. The van der Waals surface area contributed by atoms with Crippen LogP contribution in [0, 0.1) is 5.92 Å². The first-order valence-electron chi connectivity index (χ1n) is 6.95. The SMILES string of the molecule is CC(C)CCN(C)C(=O)c1cnc(-c2ccccc2Cl)s1. The Hall–Kier alpha value is -1.39. The minimum Gasteiger partial charge on any atom is -0.341 e. The highest BCUT2D eigenvalue weighted by Crippen LogP contribution is 2.31. The number of rotatable bonds is 5. The average Bonchev–Trinajstić information content (AvgIpc) is 2.94. The van der Waals surface area contributed by atoms with Crippen molar-refractivity contribution in [1.82, 2.24) is 9.88 Å². The topological polar surface area (TPSA) is 33.2 Å². The highest BCUT2D eigenvalue weighted by atomic mass is 35.5. The summed E-state index contributed by atoms with van der Waals surface area (Å²) < 4.78 is 0. The Labute approximate surface area is 134 Å². The number of amides is 1. The molecule has 0 spiro atoms. The zero-order valence-electron chi connectivity index (χ0n) is 12.5. The number of hydrogen-bond acceptors (Lipinski definition) is 3. The summed E-state index contributed by atoms with van der Waals surface area (Å²) in [6, 6.07) is 7.54. The third-order valence-electron chi connectivity index (χ3n) is 3.21. The summed E-state index contributed by atoms with van der Waals surface area (Å²) >= 11 is 7.55. The summed E-state index contributed by atoms with van der Waals surface area (Å²) in [5.41, 5.74) is 0.869. The van der Waals surface area contributed by atoms with Crippen molar-refractivity contribution in [2.75, 3.05) is 13.6 Å². The number of nitrogens with zero attached hydrogens (tertiary/aromatic N) is 2. The number of aromatic nitrogens is 1. The minimum absolute atomic E-state index is 0.0199. The molecule has 1 heterocycles. The lowest BCUT2D eigenvalue weighted by Crippen LogP contribution is -2.27. The molecule has 0 aliphatic heterocycles. The average molecular weight is 323 g/mol. The molecule has 3 nitrogen and oxygen atoms in total. The van der Waals surface area contributed by atoms with E-state index in [9.17, 15) is 4.79 Å². The molecule has 0 radical (unpaired) electrons. The van der Waals surface area contributed by atoms with Gasteiger partial charge in [0.15, 0.2) is 0 Å². The van der Waals surface area contributed by atoms with E-state index in [1.807, 2.05) is 31.3 Å². The van der Waals surface area contributed by atoms with Crippen LogP contribution in [-0.4, -0.2) is 29.4 Å². The summed E-state index contributed by atoms with van der Waals surface area (Å²) in [6.45, 7) is 5.07. The molecule has 0 N–H and O–H groups in total. The van der Waals surface area contributed by atoms with Crippen LogP contribution in [0.4, 0.5) is 0 Å². The van der Waals surface area contributed by atoms with Gasteiger partial charge in [-0.25, -0.2) is 4.98 Å². The first kappa shape index (κ1) is 16.0. The molecule has 5 heteroatoms. The Balaban J connectivity index is 2.13. The molecule has 1 aromatic heterocycles. The summed E-state index contributed by atoms with van der Waals surface area (Å²) in [5, 5.41) is 1.43. The van der Waals surface area contributed by atoms with E-state index in [0.29, 0.717) is 15.8 Å². The molecular weight excluding hydrogens is 304 g/mol. The van der Waals surface area contributed by atoms with Gasteiger partial charge in [-0.3, -0.25) is 4.79 Å². The monoisotopic (exact) mass is 322 g/mol. The number of hydrogen-bond donors (Lipinski definition) is 0. The molecule has 2 aromatic rings. The van der Waals surface area contributed by atoms with Gasteiger partial charge in [-0.05, 0) is 18.4 Å². The van der Waals surface area contributed by atoms with Gasteiger partial charge in [0.2, 0.25) is 0 Å². The third-order valence-corrected chi connectivity index (χ3v) is 4.56. The molecule has 0 fully saturated rings. The number of halogens is 1. The van der Waals surface area contributed by atoms with E-state index in [1.54, 1.807) is 11.1 Å². The van der Waals surface area contributed by atoms with E-state index in [0.717, 1.165) is 23.5 Å². The van der Waals surface area contributed by atoms with Crippen molar-refractivity contribution >= 4 is 28.8 Å². The van der Waals surface area contributed by atoms with E-state index in [4.69, 9.17) is 11.6 Å². The van der Waals surface area contributed by atoms with Crippen LogP contribution in [0.1, 0.15) is 29.9 Å². The van der Waals surface area contributed by atoms with Crippen LogP contribution in [0.15, 0.2) is 30.5 Å². The largest absolute Gasteiger partial charge is 0.341 e. The molecule has 0 aliphatic carbocycles. The Morgan fingerprint density at radius 3 is 2.76 bits per heavy atom. The van der Waals surface area contributed by atoms with Crippen LogP contribution >= 0.6 is 22.9 Å². The van der Waals surface area contributed by atoms with Crippen molar-refractivity contribution in [3.05, 3.63) is 40.4 Å². The summed E-state index contributed by atoms with van der Waals surface area (Å²) in [7, 11) is 1.83. The Bertz CT molecular complexity index is 624. The predicted molar refractivity (Wildman–Crippen MR) is 89.0 cm³/mol. The number of carbonyl (C=O) groups excluding carboxylic acids is 1. The van der Waals surface area contributed by atoms with Gasteiger partial charge in [-0.2, -0.15) is 0 Å². The number of benzene rings is 1. The number of thiazole rings is 1. The zero-order chi connectivity index (χ0) is 15.4. The Morgan fingerprint density at radius 1 is 1.38 bits per heavy atom. The Kier molecular flexibility index (Phi) is 5.37. The van der Waals surface area contributed by atoms with Gasteiger partial charge in [0, 0.05) is 19.2 Å². The second-order valence-corrected chi connectivity index (χ2v) is 6.86. The van der Waals surface area contributed by atoms with Crippen LogP contribution in [0.2, 0.25) is 5.02 Å². The van der Waals surface area contributed by atoms with E-state index in [1.165, 1.54) is 11.3 Å². The summed E-state index contributed by atoms with van der Waals surface area (Å²) in [6.07, 6.45) is 2.63. The molecule has 0 atom stereocenters. The molecular formula is C16H19ClN2OS. The van der Waals surface area contributed by atoms with Gasteiger partial charge in [0.1, 0.15) is 9.88 Å². The van der Waals surface area contributed by atoms with Gasteiger partial charge in [-0.15, -0.1) is 11.3 Å². The molecule has 1 amide bonds. The van der Waals surface area contributed by atoms with Crippen molar-refractivity contribution in [1.29, 1.82) is 0 Å². The van der Waals surface area contributed by atoms with Crippen LogP contribution < -0.4 is 0 Å². The van der Waals surface area contributed by atoms with Crippen LogP contribution in [0.5, 0.6) is 0 Å². The van der Waals surface area contributed by atoms with Crippen molar-refractivity contribution in [3.63, 3.8) is 0 Å². The first-order valence-corrected chi connectivity index (χ1v) is 8.14. The molecule has 0 unspecified atom stereocenters. The minimum atomic E-state index is 0.0199. The van der Waals surface area contributed by atoms with Gasteiger partial charge in [0.05, 0.1) is 11.2 Å². The predicted octanol–water partition coefficient (Wildman–Crippen LogP) is 4.58. The van der Waals surface area contributed by atoms with Gasteiger partial charge < -0.3 is 4.90 Å². The molecule has 2 rings (SSSR count). The Morgan fingerprint density at radius 2 is 2.10 bits per heavy atom. The molecule has 112 valence electrons. The standard InChI is InChI=1S/C16H19ClN2OS/c1-11(2)8-9-19(3)16(20)14-10-18-15(21-14)12-6-4-5-7-13(12)17/h4-7,10-11H,8-9H2,1-3H3. The van der Waals surface area contributed by atoms with E-state index in [-0.39, 0.29) is 5.91 Å². The highest BCUT2D eigenvalue weighted by Gasteiger charge is 2.16.